The van der Waals surface area contributed by atoms with Crippen LogP contribution in [0, 0.1) is 6.92 Å². The summed E-state index contributed by atoms with van der Waals surface area (Å²) in [6, 6.07) is 15.3. The maximum Gasteiger partial charge on any atom is 0.234 e. The largest absolute Gasteiger partial charge is 0.324 e. The van der Waals surface area contributed by atoms with Crippen molar-refractivity contribution in [1.82, 2.24) is 0 Å². The number of benzene rings is 2. The van der Waals surface area contributed by atoms with Gasteiger partial charge >= 0.3 is 0 Å². The summed E-state index contributed by atoms with van der Waals surface area (Å²) in [5.74, 6) is -0.0746. The number of amides is 1. The highest BCUT2D eigenvalue weighted by Crippen LogP contribution is 2.28. The molecule has 2 nitrogen and oxygen atoms in total. The molecule has 0 fully saturated rings. The second-order valence-electron chi connectivity index (χ2n) is 5.43. The minimum Gasteiger partial charge on any atom is -0.324 e. The Morgan fingerprint density at radius 3 is 2.35 bits per heavy atom. The van der Waals surface area contributed by atoms with Gasteiger partial charge in [0.1, 0.15) is 0 Å². The van der Waals surface area contributed by atoms with E-state index < -0.39 is 5.41 Å². The Balaban J connectivity index is 2.23. The number of carbonyl (C=O) groups excluding carboxylic acids is 1. The molecule has 0 bridgehead atoms. The molecule has 1 N–H and O–H groups in total. The van der Waals surface area contributed by atoms with Crippen LogP contribution in [0.4, 0.5) is 5.69 Å². The van der Waals surface area contributed by atoms with Gasteiger partial charge < -0.3 is 5.32 Å². The Bertz CT molecular complexity index is 620. The third-order valence-corrected chi connectivity index (χ3v) is 3.75. The van der Waals surface area contributed by atoms with E-state index in [-0.39, 0.29) is 5.91 Å². The normalized spacial score (nSPS) is 11.2. The zero-order valence-corrected chi connectivity index (χ0v) is 12.7. The fourth-order valence-electron chi connectivity index (χ4n) is 1.99. The lowest BCUT2D eigenvalue weighted by molar-refractivity contribution is -0.120. The molecule has 2 aromatic carbocycles. The fraction of sp³-hybridized carbons (Fsp3) is 0.235. The van der Waals surface area contributed by atoms with Crippen molar-refractivity contribution in [2.45, 2.75) is 26.2 Å². The average molecular weight is 288 g/mol. The minimum absolute atomic E-state index is 0.0746. The SMILES string of the molecule is Cc1ccc(NC(=O)C(C)(C)c2ccccc2)c(Cl)c1. The summed E-state index contributed by atoms with van der Waals surface area (Å²) in [4.78, 5) is 12.5. The predicted octanol–water partition coefficient (Wildman–Crippen LogP) is 4.56. The van der Waals surface area contributed by atoms with Gasteiger partial charge in [-0.25, -0.2) is 0 Å². The number of aryl methyl sites for hydroxylation is 1. The van der Waals surface area contributed by atoms with Crippen LogP contribution in [0.2, 0.25) is 5.02 Å². The van der Waals surface area contributed by atoms with Crippen LogP contribution in [0.15, 0.2) is 48.5 Å². The summed E-state index contributed by atoms with van der Waals surface area (Å²) >= 11 is 6.15. The van der Waals surface area contributed by atoms with Crippen LogP contribution in [0.25, 0.3) is 0 Å². The van der Waals surface area contributed by atoms with E-state index in [0.717, 1.165) is 11.1 Å². The fourth-order valence-corrected chi connectivity index (χ4v) is 2.27. The van der Waals surface area contributed by atoms with Gasteiger partial charge in [-0.05, 0) is 44.0 Å². The maximum atomic E-state index is 12.5. The van der Waals surface area contributed by atoms with E-state index in [1.807, 2.05) is 69.3 Å². The number of halogens is 1. The van der Waals surface area contributed by atoms with E-state index in [2.05, 4.69) is 5.32 Å². The number of carbonyl (C=O) groups is 1. The van der Waals surface area contributed by atoms with E-state index in [1.54, 1.807) is 0 Å². The number of rotatable bonds is 3. The van der Waals surface area contributed by atoms with E-state index in [0.29, 0.717) is 10.7 Å². The lowest BCUT2D eigenvalue weighted by atomic mass is 9.83. The van der Waals surface area contributed by atoms with Gasteiger partial charge in [0.25, 0.3) is 0 Å². The van der Waals surface area contributed by atoms with Crippen LogP contribution in [0.5, 0.6) is 0 Å². The molecule has 0 aliphatic carbocycles. The van der Waals surface area contributed by atoms with Gasteiger partial charge in [0, 0.05) is 0 Å². The van der Waals surface area contributed by atoms with Gasteiger partial charge in [0.2, 0.25) is 5.91 Å². The molecular weight excluding hydrogens is 270 g/mol. The first-order valence-electron chi connectivity index (χ1n) is 6.54. The Morgan fingerprint density at radius 2 is 1.75 bits per heavy atom. The van der Waals surface area contributed by atoms with Crippen LogP contribution in [-0.4, -0.2) is 5.91 Å². The Morgan fingerprint density at radius 1 is 1.10 bits per heavy atom. The smallest absolute Gasteiger partial charge is 0.234 e. The molecule has 0 radical (unpaired) electrons. The molecule has 0 spiro atoms. The molecule has 0 aromatic heterocycles. The van der Waals surface area contributed by atoms with Gasteiger partial charge in [-0.2, -0.15) is 0 Å². The molecule has 1 amide bonds. The predicted molar refractivity (Wildman–Crippen MR) is 84.3 cm³/mol. The molecular formula is C17H18ClNO. The van der Waals surface area contributed by atoms with Crippen molar-refractivity contribution in [2.75, 3.05) is 5.32 Å². The summed E-state index contributed by atoms with van der Waals surface area (Å²) < 4.78 is 0. The van der Waals surface area contributed by atoms with Crippen molar-refractivity contribution < 1.29 is 4.79 Å². The van der Waals surface area contributed by atoms with E-state index in [9.17, 15) is 4.79 Å². The standard InChI is InChI=1S/C17H18ClNO/c1-12-9-10-15(14(18)11-12)19-16(20)17(2,3)13-7-5-4-6-8-13/h4-11H,1-3H3,(H,19,20). The van der Waals surface area contributed by atoms with E-state index in [1.165, 1.54) is 0 Å². The van der Waals surface area contributed by atoms with Crippen molar-refractivity contribution >= 4 is 23.2 Å². The van der Waals surface area contributed by atoms with Crippen molar-refractivity contribution in [3.63, 3.8) is 0 Å². The van der Waals surface area contributed by atoms with Gasteiger partial charge in [-0.15, -0.1) is 0 Å². The molecule has 0 atom stereocenters. The topological polar surface area (TPSA) is 29.1 Å². The second-order valence-corrected chi connectivity index (χ2v) is 5.84. The highest BCUT2D eigenvalue weighted by atomic mass is 35.5. The molecule has 2 aromatic rings. The molecule has 104 valence electrons. The Labute approximate surface area is 124 Å². The van der Waals surface area contributed by atoms with Crippen LogP contribution in [0.1, 0.15) is 25.0 Å². The zero-order valence-electron chi connectivity index (χ0n) is 11.9. The first-order chi connectivity index (χ1) is 9.41. The molecule has 0 aliphatic rings. The van der Waals surface area contributed by atoms with Crippen LogP contribution >= 0.6 is 11.6 Å². The Kier molecular flexibility index (Phi) is 4.15. The van der Waals surface area contributed by atoms with Gasteiger partial charge in [0.15, 0.2) is 0 Å². The average Bonchev–Trinajstić information content (AvgIpc) is 2.42. The Hall–Kier alpha value is -1.80. The lowest BCUT2D eigenvalue weighted by Gasteiger charge is -2.24. The highest BCUT2D eigenvalue weighted by Gasteiger charge is 2.29. The molecule has 3 heteroatoms. The first-order valence-corrected chi connectivity index (χ1v) is 6.92. The number of nitrogens with one attached hydrogen (secondary N) is 1. The lowest BCUT2D eigenvalue weighted by Crippen LogP contribution is -2.34. The second kappa shape index (κ2) is 5.68. The molecule has 2 rings (SSSR count). The van der Waals surface area contributed by atoms with E-state index in [4.69, 9.17) is 11.6 Å². The van der Waals surface area contributed by atoms with Gasteiger partial charge in [0.05, 0.1) is 16.1 Å². The van der Waals surface area contributed by atoms with E-state index >= 15 is 0 Å². The monoisotopic (exact) mass is 287 g/mol. The minimum atomic E-state index is -0.616. The van der Waals surface area contributed by atoms with Crippen molar-refractivity contribution in [3.8, 4) is 0 Å². The number of hydrogen-bond acceptors (Lipinski definition) is 1. The summed E-state index contributed by atoms with van der Waals surface area (Å²) in [6.45, 7) is 5.77. The summed E-state index contributed by atoms with van der Waals surface area (Å²) in [6.07, 6.45) is 0. The number of anilines is 1. The van der Waals surface area contributed by atoms with Crippen molar-refractivity contribution in [3.05, 3.63) is 64.7 Å². The molecule has 0 heterocycles. The first kappa shape index (κ1) is 14.6. The number of hydrogen-bond donors (Lipinski definition) is 1. The van der Waals surface area contributed by atoms with Crippen LogP contribution in [-0.2, 0) is 10.2 Å². The molecule has 0 aliphatic heterocycles. The zero-order chi connectivity index (χ0) is 14.8. The molecule has 0 unspecified atom stereocenters. The summed E-state index contributed by atoms with van der Waals surface area (Å²) in [5, 5.41) is 3.46. The highest BCUT2D eigenvalue weighted by molar-refractivity contribution is 6.33. The maximum absolute atomic E-state index is 12.5. The van der Waals surface area contributed by atoms with Gasteiger partial charge in [-0.3, -0.25) is 4.79 Å². The summed E-state index contributed by atoms with van der Waals surface area (Å²) in [7, 11) is 0. The molecule has 0 saturated carbocycles. The quantitative estimate of drug-likeness (QED) is 0.880. The molecule has 20 heavy (non-hydrogen) atoms. The molecule has 0 saturated heterocycles. The van der Waals surface area contributed by atoms with Gasteiger partial charge in [-0.1, -0.05) is 48.0 Å². The van der Waals surface area contributed by atoms with Crippen LogP contribution in [0.3, 0.4) is 0 Å². The van der Waals surface area contributed by atoms with Crippen molar-refractivity contribution in [2.24, 2.45) is 0 Å². The summed E-state index contributed by atoms with van der Waals surface area (Å²) in [5.41, 5.74) is 2.07. The third-order valence-electron chi connectivity index (χ3n) is 3.44. The third kappa shape index (κ3) is 3.02. The van der Waals surface area contributed by atoms with Crippen LogP contribution < -0.4 is 5.32 Å². The van der Waals surface area contributed by atoms with Crippen molar-refractivity contribution in [1.29, 1.82) is 0 Å².